The molecule has 8 nitrogen and oxygen atoms in total. The summed E-state index contributed by atoms with van der Waals surface area (Å²) in [7, 11) is -4.43. The van der Waals surface area contributed by atoms with Crippen molar-refractivity contribution >= 4 is 16.0 Å². The van der Waals surface area contributed by atoms with Crippen molar-refractivity contribution in [1.29, 1.82) is 0 Å². The quantitative estimate of drug-likeness (QED) is 0.247. The van der Waals surface area contributed by atoms with Gasteiger partial charge in [-0.1, -0.05) is 0 Å². The van der Waals surface area contributed by atoms with E-state index in [2.05, 4.69) is 19.2 Å². The van der Waals surface area contributed by atoms with Crippen molar-refractivity contribution in [3.63, 3.8) is 0 Å². The third-order valence-electron chi connectivity index (χ3n) is 5.06. The van der Waals surface area contributed by atoms with Gasteiger partial charge < -0.3 is 20.9 Å². The Morgan fingerprint density at radius 3 is 2.09 bits per heavy atom. The van der Waals surface area contributed by atoms with Crippen molar-refractivity contribution in [2.24, 2.45) is 28.3 Å². The van der Waals surface area contributed by atoms with Gasteiger partial charge in [-0.05, 0) is 49.7 Å². The number of hydrogen-bond donors (Lipinski definition) is 3. The molecule has 15 heteroatoms. The molecule has 1 aromatic rings. The highest BCUT2D eigenvalue weighted by atomic mass is 32.2. The molecule has 194 valence electrons. The van der Waals surface area contributed by atoms with Crippen LogP contribution in [-0.2, 0) is 10.0 Å². The molecule has 0 unspecified atom stereocenters. The highest BCUT2D eigenvalue weighted by Crippen LogP contribution is 2.32. The first-order valence-corrected chi connectivity index (χ1v) is 11.7. The zero-order chi connectivity index (χ0) is 25.6. The van der Waals surface area contributed by atoms with Gasteiger partial charge in [-0.15, -0.1) is 0 Å². The van der Waals surface area contributed by atoms with Gasteiger partial charge in [0.1, 0.15) is 16.4 Å². The average Bonchev–Trinajstić information content (AvgIpc) is 2.73. The number of nitrogens with two attached hydrogens (primary N) is 2. The Balaban J connectivity index is 2.10. The van der Waals surface area contributed by atoms with Crippen molar-refractivity contribution in [3.8, 4) is 11.5 Å². The molecule has 0 aliphatic heterocycles. The Bertz CT molecular complexity index is 941. The van der Waals surface area contributed by atoms with Crippen molar-refractivity contribution in [3.05, 3.63) is 18.2 Å². The zero-order valence-corrected chi connectivity index (χ0v) is 18.8. The maximum atomic E-state index is 12.8. The molecule has 0 radical (unpaired) electrons. The lowest BCUT2D eigenvalue weighted by Gasteiger charge is -2.27. The minimum Gasteiger partial charge on any atom is -0.484 e. The molecule has 0 bridgehead atoms. The molecule has 0 heterocycles. The van der Waals surface area contributed by atoms with Crippen LogP contribution in [0.15, 0.2) is 28.1 Å². The molecule has 0 saturated heterocycles. The highest BCUT2D eigenvalue weighted by Gasteiger charge is 2.32. The molecule has 1 aliphatic carbocycles. The largest absolute Gasteiger partial charge is 0.484 e. The summed E-state index contributed by atoms with van der Waals surface area (Å²) in [6, 6.07) is 2.42. The Morgan fingerprint density at radius 2 is 1.53 bits per heavy atom. The summed E-state index contributed by atoms with van der Waals surface area (Å²) in [4.78, 5) is 3.21. The fourth-order valence-corrected chi connectivity index (χ4v) is 4.66. The number of sulfonamides is 1. The molecule has 1 aromatic carbocycles. The molecular formula is C19H26F6N4O4S. The van der Waals surface area contributed by atoms with Crippen molar-refractivity contribution in [1.82, 2.24) is 4.72 Å². The van der Waals surface area contributed by atoms with Gasteiger partial charge in [-0.3, -0.25) is 4.99 Å². The van der Waals surface area contributed by atoms with Gasteiger partial charge in [0.05, 0.1) is 0 Å². The second-order valence-electron chi connectivity index (χ2n) is 7.92. The molecule has 0 spiro atoms. The van der Waals surface area contributed by atoms with Crippen LogP contribution in [0.4, 0.5) is 26.3 Å². The number of alkyl halides is 6. The SMILES string of the molecule is NC(N)=NCC1CCC(CNS(=O)(=O)c2cc(OCC(F)(F)F)ccc2OCC(F)(F)F)CC1. The Kier molecular flexibility index (Phi) is 9.28. The highest BCUT2D eigenvalue weighted by molar-refractivity contribution is 7.89. The van der Waals surface area contributed by atoms with Gasteiger partial charge in [-0.2, -0.15) is 26.3 Å². The molecular weight excluding hydrogens is 494 g/mol. The Morgan fingerprint density at radius 1 is 0.971 bits per heavy atom. The standard InChI is InChI=1S/C19H26F6N4O4S/c20-18(21,22)10-32-14-5-6-15(33-11-19(23,24)25)16(7-14)34(30,31)29-9-13-3-1-12(2-4-13)8-28-17(26)27/h5-7,12-13,29H,1-4,8-11H2,(H4,26,27,28). The number of rotatable bonds is 10. The van der Waals surface area contributed by atoms with Crippen LogP contribution in [0.25, 0.3) is 0 Å². The van der Waals surface area contributed by atoms with Crippen molar-refractivity contribution in [2.45, 2.75) is 42.9 Å². The van der Waals surface area contributed by atoms with Gasteiger partial charge in [0, 0.05) is 19.2 Å². The van der Waals surface area contributed by atoms with E-state index >= 15 is 0 Å². The smallest absolute Gasteiger partial charge is 0.422 e. The van der Waals surface area contributed by atoms with E-state index in [9.17, 15) is 34.8 Å². The van der Waals surface area contributed by atoms with Crippen molar-refractivity contribution in [2.75, 3.05) is 26.3 Å². The van der Waals surface area contributed by atoms with E-state index in [4.69, 9.17) is 11.5 Å². The molecule has 1 saturated carbocycles. The van der Waals surface area contributed by atoms with Crippen molar-refractivity contribution < 1.29 is 44.2 Å². The molecule has 1 fully saturated rings. The minimum atomic E-state index is -4.75. The lowest BCUT2D eigenvalue weighted by molar-refractivity contribution is -0.154. The van der Waals surface area contributed by atoms with E-state index in [0.29, 0.717) is 25.5 Å². The van der Waals surface area contributed by atoms with E-state index in [-0.39, 0.29) is 24.3 Å². The maximum absolute atomic E-state index is 12.8. The van der Waals surface area contributed by atoms with Crippen LogP contribution in [0.3, 0.4) is 0 Å². The van der Waals surface area contributed by atoms with Gasteiger partial charge >= 0.3 is 12.4 Å². The predicted molar refractivity (Wildman–Crippen MR) is 111 cm³/mol. The van der Waals surface area contributed by atoms with Gasteiger partial charge in [-0.25, -0.2) is 13.1 Å². The van der Waals surface area contributed by atoms with Crippen LogP contribution in [0.1, 0.15) is 25.7 Å². The number of guanidine groups is 1. The maximum Gasteiger partial charge on any atom is 0.422 e. The van der Waals surface area contributed by atoms with Crippen LogP contribution < -0.4 is 25.7 Å². The van der Waals surface area contributed by atoms with Crippen LogP contribution in [0.2, 0.25) is 0 Å². The average molecular weight is 520 g/mol. The number of halogens is 6. The summed E-state index contributed by atoms with van der Waals surface area (Å²) in [5, 5.41) is 0. The number of ether oxygens (including phenoxy) is 2. The van der Waals surface area contributed by atoms with Gasteiger partial charge in [0.2, 0.25) is 10.0 Å². The van der Waals surface area contributed by atoms with E-state index in [0.717, 1.165) is 25.0 Å². The minimum absolute atomic E-state index is 0.0102. The second kappa shape index (κ2) is 11.3. The van der Waals surface area contributed by atoms with Crippen LogP contribution in [-0.4, -0.2) is 53.0 Å². The topological polar surface area (TPSA) is 129 Å². The summed E-state index contributed by atoms with van der Waals surface area (Å²) in [5.74, 6) is -0.962. The third kappa shape index (κ3) is 9.83. The second-order valence-corrected chi connectivity index (χ2v) is 9.66. The van der Waals surface area contributed by atoms with Crippen LogP contribution in [0, 0.1) is 11.8 Å². The zero-order valence-electron chi connectivity index (χ0n) is 18.0. The normalized spacial score (nSPS) is 19.5. The van der Waals surface area contributed by atoms with E-state index in [1.54, 1.807) is 0 Å². The summed E-state index contributed by atoms with van der Waals surface area (Å²) in [5.41, 5.74) is 10.6. The summed E-state index contributed by atoms with van der Waals surface area (Å²) in [6.45, 7) is -3.03. The summed E-state index contributed by atoms with van der Waals surface area (Å²) >= 11 is 0. The number of nitrogens with one attached hydrogen (secondary N) is 1. The first kappa shape index (κ1) is 27.8. The number of aliphatic imine (C=N–C) groups is 1. The molecule has 0 aromatic heterocycles. The lowest BCUT2D eigenvalue weighted by atomic mass is 9.82. The van der Waals surface area contributed by atoms with Gasteiger partial charge in [0.25, 0.3) is 0 Å². The molecule has 34 heavy (non-hydrogen) atoms. The Hall–Kier alpha value is -2.42. The number of hydrogen-bond acceptors (Lipinski definition) is 5. The number of nitrogens with zero attached hydrogens (tertiary/aromatic N) is 1. The third-order valence-corrected chi connectivity index (χ3v) is 6.50. The fourth-order valence-electron chi connectivity index (χ4n) is 3.39. The molecule has 5 N–H and O–H groups in total. The monoisotopic (exact) mass is 520 g/mol. The van der Waals surface area contributed by atoms with E-state index in [1.165, 1.54) is 0 Å². The summed E-state index contributed by atoms with van der Waals surface area (Å²) < 4.78 is 112. The molecule has 1 aliphatic rings. The first-order valence-electron chi connectivity index (χ1n) is 10.2. The number of benzene rings is 1. The lowest BCUT2D eigenvalue weighted by Crippen LogP contribution is -2.32. The Labute approximate surface area is 192 Å². The predicted octanol–water partition coefficient (Wildman–Crippen LogP) is 2.93. The molecule has 2 rings (SSSR count). The van der Waals surface area contributed by atoms with E-state index in [1.807, 2.05) is 0 Å². The summed E-state index contributed by atoms with van der Waals surface area (Å²) in [6.07, 6.45) is -6.60. The first-order chi connectivity index (χ1) is 15.6. The molecule has 0 amide bonds. The van der Waals surface area contributed by atoms with Crippen LogP contribution >= 0.6 is 0 Å². The van der Waals surface area contributed by atoms with Crippen LogP contribution in [0.5, 0.6) is 11.5 Å². The van der Waals surface area contributed by atoms with E-state index < -0.39 is 52.0 Å². The molecule has 0 atom stereocenters. The fraction of sp³-hybridized carbons (Fsp3) is 0.632. The van der Waals surface area contributed by atoms with Gasteiger partial charge in [0.15, 0.2) is 19.2 Å².